The van der Waals surface area contributed by atoms with Crippen LogP contribution in [0.4, 0.5) is 5.69 Å². The Hall–Kier alpha value is -1.51. The third-order valence-electron chi connectivity index (χ3n) is 3.28. The van der Waals surface area contributed by atoms with Gasteiger partial charge < -0.3 is 10.2 Å². The zero-order valence-corrected chi connectivity index (χ0v) is 8.95. The van der Waals surface area contributed by atoms with Crippen LogP contribution in [0.3, 0.4) is 0 Å². The standard InChI is InChI=1S/C12H14N2O/c1-12(2)6-7(12)11-14-10-8(13)4-3-5-9(10)15-11/h3-5,7H,6,13H2,1-2H3. The highest BCUT2D eigenvalue weighted by molar-refractivity contribution is 5.85. The van der Waals surface area contributed by atoms with Crippen LogP contribution in [0.5, 0.6) is 0 Å². The first-order valence-electron chi connectivity index (χ1n) is 5.23. The number of aromatic nitrogens is 1. The fourth-order valence-electron chi connectivity index (χ4n) is 2.02. The Labute approximate surface area is 88.3 Å². The second-order valence-corrected chi connectivity index (χ2v) is 4.99. The first kappa shape index (κ1) is 8.77. The van der Waals surface area contributed by atoms with Gasteiger partial charge in [0, 0.05) is 5.92 Å². The van der Waals surface area contributed by atoms with Crippen LogP contribution < -0.4 is 5.73 Å². The Morgan fingerprint density at radius 2 is 2.20 bits per heavy atom. The lowest BCUT2D eigenvalue weighted by Crippen LogP contribution is -1.90. The van der Waals surface area contributed by atoms with Gasteiger partial charge in [0.15, 0.2) is 11.5 Å². The van der Waals surface area contributed by atoms with Gasteiger partial charge in [0.25, 0.3) is 0 Å². The third kappa shape index (κ3) is 1.23. The summed E-state index contributed by atoms with van der Waals surface area (Å²) in [5.41, 5.74) is 8.47. The number of anilines is 1. The highest BCUT2D eigenvalue weighted by atomic mass is 16.3. The Bertz CT molecular complexity index is 527. The third-order valence-corrected chi connectivity index (χ3v) is 3.28. The molecule has 1 fully saturated rings. The topological polar surface area (TPSA) is 52.0 Å². The average Bonchev–Trinajstić information content (AvgIpc) is 2.62. The Balaban J connectivity index is 2.12. The van der Waals surface area contributed by atoms with Gasteiger partial charge in [-0.25, -0.2) is 4.98 Å². The molecule has 1 aliphatic carbocycles. The zero-order chi connectivity index (χ0) is 10.6. The summed E-state index contributed by atoms with van der Waals surface area (Å²) < 4.78 is 5.72. The minimum absolute atomic E-state index is 0.343. The fraction of sp³-hybridized carbons (Fsp3) is 0.417. The van der Waals surface area contributed by atoms with E-state index < -0.39 is 0 Å². The average molecular weight is 202 g/mol. The highest BCUT2D eigenvalue weighted by Gasteiger charge is 2.49. The number of fused-ring (bicyclic) bond motifs is 1. The smallest absolute Gasteiger partial charge is 0.199 e. The summed E-state index contributed by atoms with van der Waals surface area (Å²) in [7, 11) is 0. The molecule has 78 valence electrons. The molecule has 2 aromatic rings. The lowest BCUT2D eigenvalue weighted by molar-refractivity contribution is 0.493. The lowest BCUT2D eigenvalue weighted by Gasteiger charge is -1.96. The number of oxazole rings is 1. The SMILES string of the molecule is CC1(C)CC1c1nc2c(N)cccc2o1. The summed E-state index contributed by atoms with van der Waals surface area (Å²) in [6.07, 6.45) is 1.15. The van der Waals surface area contributed by atoms with E-state index in [2.05, 4.69) is 18.8 Å². The molecule has 0 amide bonds. The second-order valence-electron chi connectivity index (χ2n) is 4.99. The molecule has 0 spiro atoms. The van der Waals surface area contributed by atoms with Crippen molar-refractivity contribution in [2.75, 3.05) is 5.73 Å². The fourth-order valence-corrected chi connectivity index (χ4v) is 2.02. The van der Waals surface area contributed by atoms with Crippen molar-refractivity contribution in [2.24, 2.45) is 5.41 Å². The summed E-state index contributed by atoms with van der Waals surface area (Å²) >= 11 is 0. The van der Waals surface area contributed by atoms with Crippen LogP contribution in [-0.4, -0.2) is 4.98 Å². The molecule has 1 atom stereocenters. The number of benzene rings is 1. The van der Waals surface area contributed by atoms with Gasteiger partial charge in [-0.2, -0.15) is 0 Å². The monoisotopic (exact) mass is 202 g/mol. The predicted octanol–water partition coefficient (Wildman–Crippen LogP) is 2.92. The molecule has 0 aliphatic heterocycles. The van der Waals surface area contributed by atoms with Crippen molar-refractivity contribution >= 4 is 16.8 Å². The summed E-state index contributed by atoms with van der Waals surface area (Å²) in [5.74, 6) is 1.30. The molecule has 0 bridgehead atoms. The Morgan fingerprint density at radius 3 is 2.80 bits per heavy atom. The lowest BCUT2D eigenvalue weighted by atomic mass is 10.1. The van der Waals surface area contributed by atoms with Crippen LogP contribution in [0.15, 0.2) is 22.6 Å². The molecule has 1 heterocycles. The van der Waals surface area contributed by atoms with Crippen molar-refractivity contribution < 1.29 is 4.42 Å². The zero-order valence-electron chi connectivity index (χ0n) is 8.95. The molecular formula is C12H14N2O. The molecule has 3 heteroatoms. The number of para-hydroxylation sites is 1. The van der Waals surface area contributed by atoms with Crippen molar-refractivity contribution in [3.8, 4) is 0 Å². The van der Waals surface area contributed by atoms with Crippen LogP contribution in [-0.2, 0) is 0 Å². The molecule has 1 unspecified atom stereocenters. The molecule has 0 radical (unpaired) electrons. The van der Waals surface area contributed by atoms with E-state index >= 15 is 0 Å². The summed E-state index contributed by atoms with van der Waals surface area (Å²) in [5, 5.41) is 0. The molecule has 1 aromatic heterocycles. The number of nitrogens with two attached hydrogens (primary N) is 1. The predicted molar refractivity (Wildman–Crippen MR) is 59.6 cm³/mol. The summed E-state index contributed by atoms with van der Waals surface area (Å²) in [4.78, 5) is 4.48. The van der Waals surface area contributed by atoms with Crippen molar-refractivity contribution in [1.29, 1.82) is 0 Å². The first-order chi connectivity index (χ1) is 7.08. The van der Waals surface area contributed by atoms with Crippen LogP contribution in [0.1, 0.15) is 32.1 Å². The largest absolute Gasteiger partial charge is 0.440 e. The Morgan fingerprint density at radius 1 is 1.47 bits per heavy atom. The maximum absolute atomic E-state index is 5.84. The van der Waals surface area contributed by atoms with Gasteiger partial charge in [0.1, 0.15) is 5.52 Å². The van der Waals surface area contributed by atoms with Gasteiger partial charge in [-0.3, -0.25) is 0 Å². The number of rotatable bonds is 1. The second kappa shape index (κ2) is 2.54. The van der Waals surface area contributed by atoms with E-state index in [4.69, 9.17) is 10.2 Å². The highest BCUT2D eigenvalue weighted by Crippen LogP contribution is 2.58. The number of nitrogens with zero attached hydrogens (tertiary/aromatic N) is 1. The summed E-state index contributed by atoms with van der Waals surface area (Å²) in [6, 6.07) is 5.66. The number of nitrogen functional groups attached to an aromatic ring is 1. The van der Waals surface area contributed by atoms with Crippen LogP contribution >= 0.6 is 0 Å². The normalized spacial score (nSPS) is 23.2. The van der Waals surface area contributed by atoms with Crippen molar-refractivity contribution in [2.45, 2.75) is 26.2 Å². The van der Waals surface area contributed by atoms with Gasteiger partial charge in [0.2, 0.25) is 0 Å². The van der Waals surface area contributed by atoms with Crippen molar-refractivity contribution in [3.63, 3.8) is 0 Å². The molecule has 0 saturated heterocycles. The van der Waals surface area contributed by atoms with Crippen LogP contribution in [0.2, 0.25) is 0 Å². The molecule has 3 nitrogen and oxygen atoms in total. The number of hydrogen-bond acceptors (Lipinski definition) is 3. The molecule has 15 heavy (non-hydrogen) atoms. The molecule has 1 aromatic carbocycles. The van der Waals surface area contributed by atoms with Crippen LogP contribution in [0.25, 0.3) is 11.1 Å². The van der Waals surface area contributed by atoms with Gasteiger partial charge >= 0.3 is 0 Å². The van der Waals surface area contributed by atoms with E-state index in [0.29, 0.717) is 17.0 Å². The molecule has 1 aliphatic rings. The van der Waals surface area contributed by atoms with Gasteiger partial charge in [0.05, 0.1) is 5.69 Å². The minimum atomic E-state index is 0.343. The molecule has 2 N–H and O–H groups in total. The van der Waals surface area contributed by atoms with E-state index in [1.807, 2.05) is 18.2 Å². The van der Waals surface area contributed by atoms with Crippen molar-refractivity contribution in [1.82, 2.24) is 4.98 Å². The van der Waals surface area contributed by atoms with E-state index in [9.17, 15) is 0 Å². The number of hydrogen-bond donors (Lipinski definition) is 1. The Kier molecular flexibility index (Phi) is 1.48. The molecule has 1 saturated carbocycles. The maximum atomic E-state index is 5.84. The molecule has 3 rings (SSSR count). The van der Waals surface area contributed by atoms with Gasteiger partial charge in [-0.05, 0) is 24.0 Å². The molecular weight excluding hydrogens is 188 g/mol. The first-order valence-corrected chi connectivity index (χ1v) is 5.23. The quantitative estimate of drug-likeness (QED) is 0.723. The van der Waals surface area contributed by atoms with Crippen molar-refractivity contribution in [3.05, 3.63) is 24.1 Å². The van der Waals surface area contributed by atoms with Gasteiger partial charge in [-0.1, -0.05) is 19.9 Å². The summed E-state index contributed by atoms with van der Waals surface area (Å²) in [6.45, 7) is 4.46. The van der Waals surface area contributed by atoms with E-state index in [1.165, 1.54) is 0 Å². The minimum Gasteiger partial charge on any atom is -0.440 e. The van der Waals surface area contributed by atoms with E-state index in [1.54, 1.807) is 0 Å². The van der Waals surface area contributed by atoms with E-state index in [-0.39, 0.29) is 0 Å². The maximum Gasteiger partial charge on any atom is 0.199 e. The van der Waals surface area contributed by atoms with E-state index in [0.717, 1.165) is 23.4 Å². The van der Waals surface area contributed by atoms with Crippen LogP contribution in [0, 0.1) is 5.41 Å². The van der Waals surface area contributed by atoms with Gasteiger partial charge in [-0.15, -0.1) is 0 Å².